The summed E-state index contributed by atoms with van der Waals surface area (Å²) < 4.78 is 22.9. The van der Waals surface area contributed by atoms with E-state index in [1.165, 1.54) is 321 Å². The molecular formula is C85H159NO13. The van der Waals surface area contributed by atoms with Crippen molar-refractivity contribution in [2.24, 2.45) is 0 Å². The van der Waals surface area contributed by atoms with Crippen molar-refractivity contribution < 1.29 is 64.6 Å². The lowest BCUT2D eigenvalue weighted by molar-refractivity contribution is -0.359. The number of hydrogen-bond acceptors (Lipinski definition) is 13. The van der Waals surface area contributed by atoms with Crippen LogP contribution in [0.3, 0.4) is 0 Å². The maximum atomic E-state index is 13.4. The molecule has 12 unspecified atom stereocenters. The van der Waals surface area contributed by atoms with Crippen LogP contribution in [0, 0.1) is 0 Å². The van der Waals surface area contributed by atoms with E-state index in [1.807, 2.05) is 6.08 Å². The van der Waals surface area contributed by atoms with Crippen LogP contribution in [0.5, 0.6) is 0 Å². The number of carbonyl (C=O) groups is 1. The third kappa shape index (κ3) is 51.7. The quantitative estimate of drug-likeness (QED) is 0.0204. The molecule has 2 aliphatic rings. The van der Waals surface area contributed by atoms with Crippen LogP contribution in [0.25, 0.3) is 0 Å². The van der Waals surface area contributed by atoms with Crippen molar-refractivity contribution in [3.8, 4) is 0 Å². The van der Waals surface area contributed by atoms with E-state index in [1.54, 1.807) is 6.08 Å². The molecule has 1 amide bonds. The molecule has 0 aromatic carbocycles. The van der Waals surface area contributed by atoms with Crippen molar-refractivity contribution in [1.29, 1.82) is 0 Å². The third-order valence-corrected chi connectivity index (χ3v) is 20.7. The van der Waals surface area contributed by atoms with Crippen LogP contribution in [0.1, 0.15) is 393 Å². The number of aliphatic hydroxyl groups is 8. The zero-order valence-electron chi connectivity index (χ0n) is 64.0. The smallest absolute Gasteiger partial charge is 0.220 e. The summed E-state index contributed by atoms with van der Waals surface area (Å²) in [5, 5.41) is 87.7. The molecule has 582 valence electrons. The Kier molecular flexibility index (Phi) is 64.9. The van der Waals surface area contributed by atoms with Crippen molar-refractivity contribution in [2.45, 2.75) is 466 Å². The van der Waals surface area contributed by atoms with Gasteiger partial charge in [0.1, 0.15) is 48.8 Å². The predicted octanol–water partition coefficient (Wildman–Crippen LogP) is 19.8. The minimum absolute atomic E-state index is 0.241. The highest BCUT2D eigenvalue weighted by atomic mass is 16.7. The maximum Gasteiger partial charge on any atom is 0.220 e. The molecule has 0 spiro atoms. The number of ether oxygens (including phenoxy) is 4. The van der Waals surface area contributed by atoms with Crippen molar-refractivity contribution in [1.82, 2.24) is 5.32 Å². The number of allylic oxidation sites excluding steroid dienone is 7. The molecular weight excluding hydrogens is 1240 g/mol. The van der Waals surface area contributed by atoms with Crippen LogP contribution in [0.15, 0.2) is 48.6 Å². The van der Waals surface area contributed by atoms with E-state index in [0.717, 1.165) is 38.5 Å². The molecule has 12 atom stereocenters. The molecule has 0 aromatic rings. The molecule has 9 N–H and O–H groups in total. The first kappa shape index (κ1) is 93.0. The Labute approximate surface area is 607 Å². The minimum Gasteiger partial charge on any atom is -0.394 e. The van der Waals surface area contributed by atoms with Gasteiger partial charge in [-0.3, -0.25) is 4.79 Å². The highest BCUT2D eigenvalue weighted by molar-refractivity contribution is 5.76. The van der Waals surface area contributed by atoms with E-state index in [0.29, 0.717) is 12.8 Å². The summed E-state index contributed by atoms with van der Waals surface area (Å²) in [4.78, 5) is 13.4. The third-order valence-electron chi connectivity index (χ3n) is 20.7. The largest absolute Gasteiger partial charge is 0.394 e. The van der Waals surface area contributed by atoms with Gasteiger partial charge in [0.05, 0.1) is 32.0 Å². The second kappa shape index (κ2) is 69.0. The molecule has 2 fully saturated rings. The van der Waals surface area contributed by atoms with Crippen molar-refractivity contribution in [3.63, 3.8) is 0 Å². The molecule has 0 radical (unpaired) electrons. The molecule has 2 heterocycles. The van der Waals surface area contributed by atoms with Gasteiger partial charge in [0.25, 0.3) is 0 Å². The lowest BCUT2D eigenvalue weighted by atomic mass is 9.97. The predicted molar refractivity (Wildman–Crippen MR) is 411 cm³/mol. The molecule has 0 aromatic heterocycles. The number of carbonyl (C=O) groups excluding carboxylic acids is 1. The Bertz CT molecular complexity index is 1850. The second-order valence-electron chi connectivity index (χ2n) is 30.0. The lowest BCUT2D eigenvalue weighted by Gasteiger charge is -2.46. The molecule has 14 nitrogen and oxygen atoms in total. The Morgan fingerprint density at radius 2 is 0.677 bits per heavy atom. The number of amides is 1. The van der Waals surface area contributed by atoms with E-state index in [-0.39, 0.29) is 18.9 Å². The normalized spacial score (nSPS) is 22.1. The lowest BCUT2D eigenvalue weighted by Crippen LogP contribution is -2.65. The van der Waals surface area contributed by atoms with Gasteiger partial charge in [0, 0.05) is 6.42 Å². The molecule has 99 heavy (non-hydrogen) atoms. The summed E-state index contributed by atoms with van der Waals surface area (Å²) >= 11 is 0. The first-order chi connectivity index (χ1) is 48.6. The highest BCUT2D eigenvalue weighted by Gasteiger charge is 2.51. The van der Waals surface area contributed by atoms with E-state index < -0.39 is 86.8 Å². The Morgan fingerprint density at radius 1 is 0.364 bits per heavy atom. The highest BCUT2D eigenvalue weighted by Crippen LogP contribution is 2.30. The molecule has 0 saturated carbocycles. The Balaban J connectivity index is 1.56. The number of rotatable bonds is 72. The fourth-order valence-corrected chi connectivity index (χ4v) is 14.1. The molecule has 2 saturated heterocycles. The topological polar surface area (TPSA) is 228 Å². The number of unbranched alkanes of at least 4 members (excludes halogenated alkanes) is 53. The fourth-order valence-electron chi connectivity index (χ4n) is 14.1. The van der Waals surface area contributed by atoms with Gasteiger partial charge >= 0.3 is 0 Å². The van der Waals surface area contributed by atoms with Crippen molar-refractivity contribution in [3.05, 3.63) is 48.6 Å². The summed E-state index contributed by atoms with van der Waals surface area (Å²) in [6.07, 6.45) is 76.5. The van der Waals surface area contributed by atoms with Gasteiger partial charge in [-0.25, -0.2) is 0 Å². The Hall–Kier alpha value is -2.05. The second-order valence-corrected chi connectivity index (χ2v) is 30.0. The molecule has 0 bridgehead atoms. The summed E-state index contributed by atoms with van der Waals surface area (Å²) in [5.74, 6) is -0.241. The van der Waals surface area contributed by atoms with Crippen LogP contribution in [0.4, 0.5) is 0 Å². The van der Waals surface area contributed by atoms with Crippen LogP contribution in [0.2, 0.25) is 0 Å². The summed E-state index contributed by atoms with van der Waals surface area (Å²) in [6.45, 7) is 2.83. The van der Waals surface area contributed by atoms with Gasteiger partial charge in [-0.1, -0.05) is 371 Å². The van der Waals surface area contributed by atoms with Gasteiger partial charge < -0.3 is 65.1 Å². The monoisotopic (exact) mass is 1400 g/mol. The van der Waals surface area contributed by atoms with E-state index in [9.17, 15) is 45.6 Å². The summed E-state index contributed by atoms with van der Waals surface area (Å²) in [6, 6.07) is -0.932. The number of nitrogens with one attached hydrogen (secondary N) is 1. The van der Waals surface area contributed by atoms with Crippen molar-refractivity contribution in [2.75, 3.05) is 19.8 Å². The van der Waals surface area contributed by atoms with Gasteiger partial charge in [-0.15, -0.1) is 0 Å². The molecule has 2 aliphatic heterocycles. The van der Waals surface area contributed by atoms with Crippen LogP contribution >= 0.6 is 0 Å². The zero-order valence-corrected chi connectivity index (χ0v) is 64.0. The average Bonchev–Trinajstić information content (AvgIpc) is 0.799. The van der Waals surface area contributed by atoms with Gasteiger partial charge in [-0.2, -0.15) is 0 Å². The van der Waals surface area contributed by atoms with E-state index in [2.05, 4.69) is 55.6 Å². The van der Waals surface area contributed by atoms with E-state index >= 15 is 0 Å². The fraction of sp³-hybridized carbons (Fsp3) is 0.894. The average molecular weight is 1400 g/mol. The van der Waals surface area contributed by atoms with Gasteiger partial charge in [0.2, 0.25) is 5.91 Å². The number of aliphatic hydroxyl groups excluding tert-OH is 8. The first-order valence-corrected chi connectivity index (χ1v) is 42.4. The molecule has 0 aliphatic carbocycles. The van der Waals surface area contributed by atoms with Gasteiger partial charge in [0.15, 0.2) is 12.6 Å². The zero-order chi connectivity index (χ0) is 71.5. The van der Waals surface area contributed by atoms with Crippen LogP contribution in [-0.2, 0) is 23.7 Å². The Morgan fingerprint density at radius 3 is 1.05 bits per heavy atom. The molecule has 14 heteroatoms. The SMILES string of the molecule is CCCCCCC/C=C\C/C=C\CCCCCCCCCCCCCCCCCCCCCCCCCCCCCCCC(=O)NC(COC1OC(CO)C(OC2OC(CO)C(O)C(O)C2O)C(O)C1O)C(O)/C=C/CC/C=C/CCCCCCCCCCCCCCCCCCCC. The molecule has 2 rings (SSSR count). The van der Waals surface area contributed by atoms with Gasteiger partial charge in [-0.05, 0) is 64.2 Å². The summed E-state index contributed by atoms with van der Waals surface area (Å²) in [5.41, 5.74) is 0. The standard InChI is InChI=1S/C85H159NO13/c1-3-5-7-9-11-13-15-17-19-21-23-25-27-29-30-31-32-33-34-35-36-37-38-39-40-41-42-43-44-45-47-49-51-53-55-57-59-61-63-65-67-69-77(90)86-73(72-96-84-82(95)80(93)83(76(71-88)98-84)99-85-81(94)79(92)78(91)75(70-87)97-85)74(89)68-66-64-62-60-58-56-54-52-50-48-46-28-26-24-22-20-18-16-14-12-10-8-6-4-2/h15,17,21,23,58,60,66,68,73-76,78-85,87-89,91-95H,3-14,16,18-20,22,24-57,59,61-65,67,69-72H2,1-2H3,(H,86,90)/b17-15-,23-21-,60-58+,68-66+. The summed E-state index contributed by atoms with van der Waals surface area (Å²) in [7, 11) is 0. The van der Waals surface area contributed by atoms with Crippen molar-refractivity contribution >= 4 is 5.91 Å². The minimum atomic E-state index is -1.79. The van der Waals surface area contributed by atoms with Crippen LogP contribution in [-0.4, -0.2) is 140 Å². The maximum absolute atomic E-state index is 13.4. The first-order valence-electron chi connectivity index (χ1n) is 42.4. The van der Waals surface area contributed by atoms with Crippen LogP contribution < -0.4 is 5.32 Å². The van der Waals surface area contributed by atoms with E-state index in [4.69, 9.17) is 18.9 Å². The number of hydrogen-bond donors (Lipinski definition) is 9.